The van der Waals surface area contributed by atoms with E-state index in [0.29, 0.717) is 21.5 Å². The van der Waals surface area contributed by atoms with Crippen LogP contribution in [0.5, 0.6) is 0 Å². The van der Waals surface area contributed by atoms with Crippen LogP contribution in [0.1, 0.15) is 24.2 Å². The highest BCUT2D eigenvalue weighted by Crippen LogP contribution is 2.29. The van der Waals surface area contributed by atoms with Crippen LogP contribution in [0, 0.1) is 0 Å². The minimum absolute atomic E-state index is 0.0576. The number of nitrogen functional groups attached to an aromatic ring is 1. The fourth-order valence-electron chi connectivity index (χ4n) is 2.13. The molecule has 0 aliphatic carbocycles. The molecule has 1 aliphatic rings. The number of carbonyl (C=O) groups is 1. The zero-order chi connectivity index (χ0) is 13.3. The molecule has 0 saturated carbocycles. The lowest BCUT2D eigenvalue weighted by molar-refractivity contribution is 0.0699. The van der Waals surface area contributed by atoms with E-state index in [0.717, 1.165) is 12.3 Å². The van der Waals surface area contributed by atoms with Crippen molar-refractivity contribution in [3.05, 3.63) is 28.8 Å². The summed E-state index contributed by atoms with van der Waals surface area (Å²) in [5.74, 6) is 0.902. The minimum Gasteiger partial charge on any atom is -0.398 e. The molecule has 0 spiro atoms. The van der Waals surface area contributed by atoms with Gasteiger partial charge in [0, 0.05) is 29.3 Å². The highest BCUT2D eigenvalue weighted by atomic mass is 35.5. The number of carbonyl (C=O) groups excluding carboxylic acids is 1. The molecule has 1 fully saturated rings. The van der Waals surface area contributed by atoms with Crippen LogP contribution in [-0.4, -0.2) is 34.4 Å². The molecule has 1 saturated heterocycles. The van der Waals surface area contributed by atoms with Gasteiger partial charge in [-0.15, -0.1) is 0 Å². The molecule has 1 aromatic carbocycles. The molecule has 0 aromatic heterocycles. The Morgan fingerprint density at radius 3 is 2.89 bits per heavy atom. The van der Waals surface area contributed by atoms with Gasteiger partial charge in [0.05, 0.1) is 10.6 Å². The number of benzene rings is 1. The van der Waals surface area contributed by atoms with E-state index in [-0.39, 0.29) is 11.9 Å². The van der Waals surface area contributed by atoms with Crippen molar-refractivity contribution in [2.45, 2.75) is 25.1 Å². The molecular weight excluding hydrogens is 268 g/mol. The van der Waals surface area contributed by atoms with Gasteiger partial charge in [-0.25, -0.2) is 0 Å². The molecule has 98 valence electrons. The lowest BCUT2D eigenvalue weighted by Crippen LogP contribution is -2.48. The molecule has 1 amide bonds. The Morgan fingerprint density at radius 2 is 2.22 bits per heavy atom. The van der Waals surface area contributed by atoms with Gasteiger partial charge < -0.3 is 10.6 Å². The van der Waals surface area contributed by atoms with E-state index < -0.39 is 0 Å². The maximum Gasteiger partial charge on any atom is 0.257 e. The summed E-state index contributed by atoms with van der Waals surface area (Å²) < 4.78 is 0. The number of hydrogen-bond acceptors (Lipinski definition) is 3. The number of amides is 1. The molecule has 1 aliphatic heterocycles. The Balaban J connectivity index is 2.31. The van der Waals surface area contributed by atoms with Gasteiger partial charge in [0.25, 0.3) is 5.91 Å². The van der Waals surface area contributed by atoms with E-state index in [4.69, 9.17) is 17.3 Å². The van der Waals surface area contributed by atoms with Gasteiger partial charge in [-0.05, 0) is 19.1 Å². The summed E-state index contributed by atoms with van der Waals surface area (Å²) in [6, 6.07) is 5.38. The average molecular weight is 285 g/mol. The second-order valence-corrected chi connectivity index (χ2v) is 6.41. The van der Waals surface area contributed by atoms with E-state index in [9.17, 15) is 4.79 Å². The van der Waals surface area contributed by atoms with Gasteiger partial charge >= 0.3 is 0 Å². The van der Waals surface area contributed by atoms with Crippen molar-refractivity contribution in [3.8, 4) is 0 Å². The Hall–Kier alpha value is -0.870. The SMILES string of the molecule is CC1SCCN(C(=O)c2c(N)cccc2Cl)C1C. The first-order chi connectivity index (χ1) is 8.52. The van der Waals surface area contributed by atoms with E-state index in [2.05, 4.69) is 13.8 Å². The fourth-order valence-corrected chi connectivity index (χ4v) is 3.49. The number of nitrogens with two attached hydrogens (primary N) is 1. The first-order valence-corrected chi connectivity index (χ1v) is 7.41. The summed E-state index contributed by atoms with van der Waals surface area (Å²) >= 11 is 7.99. The van der Waals surface area contributed by atoms with Crippen molar-refractivity contribution < 1.29 is 4.79 Å². The second-order valence-electron chi connectivity index (χ2n) is 4.52. The number of nitrogens with zero attached hydrogens (tertiary/aromatic N) is 1. The molecule has 2 N–H and O–H groups in total. The van der Waals surface area contributed by atoms with Crippen LogP contribution in [-0.2, 0) is 0 Å². The van der Waals surface area contributed by atoms with Gasteiger partial charge in [0.2, 0.25) is 0 Å². The van der Waals surface area contributed by atoms with Crippen LogP contribution in [0.25, 0.3) is 0 Å². The third-order valence-electron chi connectivity index (χ3n) is 3.40. The van der Waals surface area contributed by atoms with Crippen LogP contribution in [0.4, 0.5) is 5.69 Å². The summed E-state index contributed by atoms with van der Waals surface area (Å²) in [4.78, 5) is 14.4. The summed E-state index contributed by atoms with van der Waals surface area (Å²) in [6.45, 7) is 4.96. The average Bonchev–Trinajstić information content (AvgIpc) is 2.32. The van der Waals surface area contributed by atoms with Crippen LogP contribution >= 0.6 is 23.4 Å². The summed E-state index contributed by atoms with van der Waals surface area (Å²) in [6.07, 6.45) is 0. The minimum atomic E-state index is -0.0576. The highest BCUT2D eigenvalue weighted by molar-refractivity contribution is 8.00. The number of anilines is 1. The molecule has 1 heterocycles. The van der Waals surface area contributed by atoms with Crippen LogP contribution in [0.2, 0.25) is 5.02 Å². The van der Waals surface area contributed by atoms with Crippen molar-refractivity contribution in [1.29, 1.82) is 0 Å². The third kappa shape index (κ3) is 2.45. The molecule has 0 bridgehead atoms. The molecule has 0 radical (unpaired) electrons. The van der Waals surface area contributed by atoms with Crippen molar-refractivity contribution in [2.24, 2.45) is 0 Å². The largest absolute Gasteiger partial charge is 0.398 e. The third-order valence-corrected chi connectivity index (χ3v) is 5.06. The number of hydrogen-bond donors (Lipinski definition) is 1. The summed E-state index contributed by atoms with van der Waals surface area (Å²) in [5.41, 5.74) is 6.76. The highest BCUT2D eigenvalue weighted by Gasteiger charge is 2.31. The van der Waals surface area contributed by atoms with Crippen molar-refractivity contribution in [2.75, 3.05) is 18.0 Å². The quantitative estimate of drug-likeness (QED) is 0.807. The zero-order valence-corrected chi connectivity index (χ0v) is 12.1. The smallest absolute Gasteiger partial charge is 0.257 e. The predicted molar refractivity (Wildman–Crippen MR) is 78.3 cm³/mol. The lowest BCUT2D eigenvalue weighted by atomic mass is 10.1. The molecule has 1 aromatic rings. The molecule has 18 heavy (non-hydrogen) atoms. The molecule has 3 nitrogen and oxygen atoms in total. The Kier molecular flexibility index (Phi) is 4.07. The number of halogens is 1. The molecule has 2 atom stereocenters. The normalized spacial score (nSPS) is 24.1. The first kappa shape index (κ1) is 13.6. The summed E-state index contributed by atoms with van der Waals surface area (Å²) in [7, 11) is 0. The lowest BCUT2D eigenvalue weighted by Gasteiger charge is -2.37. The maximum atomic E-state index is 12.5. The molecule has 2 rings (SSSR count). The maximum absolute atomic E-state index is 12.5. The molecular formula is C13H17ClN2OS. The van der Waals surface area contributed by atoms with E-state index in [1.165, 1.54) is 0 Å². The molecule has 2 unspecified atom stereocenters. The first-order valence-electron chi connectivity index (χ1n) is 5.99. The fraction of sp³-hybridized carbons (Fsp3) is 0.462. The van der Waals surface area contributed by atoms with Gasteiger partial charge in [0.1, 0.15) is 0 Å². The Labute approximate surface area is 117 Å². The Bertz CT molecular complexity index is 446. The van der Waals surface area contributed by atoms with Crippen molar-refractivity contribution >= 4 is 35.0 Å². The van der Waals surface area contributed by atoms with Crippen molar-refractivity contribution in [3.63, 3.8) is 0 Å². The van der Waals surface area contributed by atoms with Gasteiger partial charge in [-0.2, -0.15) is 11.8 Å². The summed E-state index contributed by atoms with van der Waals surface area (Å²) in [5, 5.41) is 0.865. The van der Waals surface area contributed by atoms with E-state index >= 15 is 0 Å². The number of rotatable bonds is 1. The van der Waals surface area contributed by atoms with Crippen LogP contribution < -0.4 is 5.73 Å². The van der Waals surface area contributed by atoms with Gasteiger partial charge in [0.15, 0.2) is 0 Å². The van der Waals surface area contributed by atoms with Gasteiger partial charge in [-0.3, -0.25) is 4.79 Å². The second kappa shape index (κ2) is 5.41. The predicted octanol–water partition coefficient (Wildman–Crippen LogP) is 2.89. The standard InChI is InChI=1S/C13H17ClN2OS/c1-8-9(2)18-7-6-16(8)13(17)12-10(14)4-3-5-11(12)15/h3-5,8-9H,6-7,15H2,1-2H3. The number of thioether (sulfide) groups is 1. The van der Waals surface area contributed by atoms with E-state index in [1.807, 2.05) is 16.7 Å². The van der Waals surface area contributed by atoms with Crippen LogP contribution in [0.3, 0.4) is 0 Å². The zero-order valence-electron chi connectivity index (χ0n) is 10.5. The van der Waals surface area contributed by atoms with Crippen LogP contribution in [0.15, 0.2) is 18.2 Å². The van der Waals surface area contributed by atoms with E-state index in [1.54, 1.807) is 18.2 Å². The topological polar surface area (TPSA) is 46.3 Å². The van der Waals surface area contributed by atoms with Crippen molar-refractivity contribution in [1.82, 2.24) is 4.90 Å². The monoisotopic (exact) mass is 284 g/mol. The molecule has 5 heteroatoms. The van der Waals surface area contributed by atoms with Gasteiger partial charge in [-0.1, -0.05) is 24.6 Å². The Morgan fingerprint density at radius 1 is 1.50 bits per heavy atom.